The Kier molecular flexibility index (Phi) is 2.31. The Hall–Kier alpha value is -1.29. The molecular weight excluding hydrogens is 188 g/mol. The average molecular weight is 196 g/mol. The van der Waals surface area contributed by atoms with Gasteiger partial charge in [0, 0.05) is 22.5 Å². The van der Waals surface area contributed by atoms with Crippen LogP contribution in [0.1, 0.15) is 0 Å². The van der Waals surface area contributed by atoms with Crippen LogP contribution in [0.5, 0.6) is 0 Å². The number of thioether (sulfide) groups is 1. The molecule has 2 aliphatic rings. The molecule has 13 heavy (non-hydrogen) atoms. The molecule has 0 spiro atoms. The van der Waals surface area contributed by atoms with Crippen LogP contribution in [-0.2, 0) is 9.47 Å². The third kappa shape index (κ3) is 1.89. The Morgan fingerprint density at radius 3 is 3.08 bits per heavy atom. The van der Waals surface area contributed by atoms with E-state index in [1.54, 1.807) is 6.26 Å². The van der Waals surface area contributed by atoms with Gasteiger partial charge in [0.1, 0.15) is 12.4 Å². The summed E-state index contributed by atoms with van der Waals surface area (Å²) in [5.74, 6) is 0.670. The van der Waals surface area contributed by atoms with Gasteiger partial charge in [0.15, 0.2) is 0 Å². The van der Waals surface area contributed by atoms with Crippen LogP contribution >= 0.6 is 11.8 Å². The lowest BCUT2D eigenvalue weighted by molar-refractivity contribution is 0.108. The standard InChI is InChI=1S/C9H8O3S/c10-9-5-7(1-2-12-9)8-6-13-4-3-11-8/h1,3-6,10H,2H2. The van der Waals surface area contributed by atoms with Gasteiger partial charge in [-0.05, 0) is 6.08 Å². The second-order valence-corrected chi connectivity index (χ2v) is 3.24. The summed E-state index contributed by atoms with van der Waals surface area (Å²) >= 11 is 1.54. The van der Waals surface area contributed by atoms with Crippen LogP contribution in [0.2, 0.25) is 0 Å². The van der Waals surface area contributed by atoms with Crippen molar-refractivity contribution in [2.75, 3.05) is 6.61 Å². The molecule has 0 saturated heterocycles. The highest BCUT2D eigenvalue weighted by Gasteiger charge is 2.11. The quantitative estimate of drug-likeness (QED) is 0.699. The predicted molar refractivity (Wildman–Crippen MR) is 50.6 cm³/mol. The molecule has 3 nitrogen and oxygen atoms in total. The van der Waals surface area contributed by atoms with E-state index in [9.17, 15) is 0 Å². The first-order chi connectivity index (χ1) is 6.36. The molecule has 1 N–H and O–H groups in total. The first kappa shape index (κ1) is 8.31. The highest BCUT2D eigenvalue weighted by molar-refractivity contribution is 8.04. The van der Waals surface area contributed by atoms with Crippen LogP contribution in [0.3, 0.4) is 0 Å². The van der Waals surface area contributed by atoms with Crippen LogP contribution in [0.25, 0.3) is 0 Å². The van der Waals surface area contributed by atoms with E-state index >= 15 is 0 Å². The van der Waals surface area contributed by atoms with E-state index < -0.39 is 0 Å². The van der Waals surface area contributed by atoms with Crippen LogP contribution in [-0.4, -0.2) is 11.7 Å². The summed E-state index contributed by atoms with van der Waals surface area (Å²) in [7, 11) is 0. The molecule has 0 aliphatic carbocycles. The largest absolute Gasteiger partial charge is 0.481 e. The predicted octanol–water partition coefficient (Wildman–Crippen LogP) is 2.42. The molecule has 0 aromatic rings. The summed E-state index contributed by atoms with van der Waals surface area (Å²) in [6.07, 6.45) is 5.00. The number of rotatable bonds is 1. The van der Waals surface area contributed by atoms with E-state index in [1.807, 2.05) is 16.9 Å². The van der Waals surface area contributed by atoms with Gasteiger partial charge in [-0.2, -0.15) is 0 Å². The zero-order valence-electron chi connectivity index (χ0n) is 6.77. The lowest BCUT2D eigenvalue weighted by Crippen LogP contribution is -2.02. The Labute approximate surface area is 80.0 Å². The van der Waals surface area contributed by atoms with Gasteiger partial charge in [0.05, 0.1) is 6.26 Å². The minimum absolute atomic E-state index is 0.0680. The van der Waals surface area contributed by atoms with E-state index in [2.05, 4.69) is 0 Å². The zero-order chi connectivity index (χ0) is 9.10. The van der Waals surface area contributed by atoms with Crippen LogP contribution in [0.15, 0.2) is 46.5 Å². The molecule has 68 valence electrons. The van der Waals surface area contributed by atoms with Crippen LogP contribution < -0.4 is 0 Å². The fourth-order valence-corrected chi connectivity index (χ4v) is 1.53. The average Bonchev–Trinajstić information content (AvgIpc) is 2.19. The monoisotopic (exact) mass is 196 g/mol. The van der Waals surface area contributed by atoms with Crippen LogP contribution in [0.4, 0.5) is 0 Å². The molecular formula is C9H8O3S. The second kappa shape index (κ2) is 3.62. The molecule has 0 fully saturated rings. The number of ether oxygens (including phenoxy) is 2. The van der Waals surface area contributed by atoms with E-state index in [0.29, 0.717) is 6.61 Å². The van der Waals surface area contributed by atoms with Crippen molar-refractivity contribution in [2.45, 2.75) is 0 Å². The molecule has 0 bridgehead atoms. The number of hydrogen-bond acceptors (Lipinski definition) is 4. The highest BCUT2D eigenvalue weighted by atomic mass is 32.2. The fourth-order valence-electron chi connectivity index (χ4n) is 1.02. The molecule has 2 rings (SSSR count). The summed E-state index contributed by atoms with van der Waals surface area (Å²) in [6, 6.07) is 0. The van der Waals surface area contributed by atoms with Gasteiger partial charge in [0.2, 0.25) is 0 Å². The van der Waals surface area contributed by atoms with Gasteiger partial charge in [0.25, 0.3) is 5.95 Å². The van der Waals surface area contributed by atoms with Gasteiger partial charge in [-0.1, -0.05) is 11.8 Å². The van der Waals surface area contributed by atoms with Crippen molar-refractivity contribution >= 4 is 11.8 Å². The molecule has 2 heterocycles. The molecule has 2 aliphatic heterocycles. The van der Waals surface area contributed by atoms with E-state index in [-0.39, 0.29) is 5.95 Å². The first-order valence-corrected chi connectivity index (χ1v) is 4.72. The second-order valence-electron chi connectivity index (χ2n) is 2.46. The Balaban J connectivity index is 2.17. The molecule has 0 atom stereocenters. The van der Waals surface area contributed by atoms with E-state index in [1.165, 1.54) is 17.8 Å². The topological polar surface area (TPSA) is 38.7 Å². The highest BCUT2D eigenvalue weighted by Crippen LogP contribution is 2.25. The van der Waals surface area contributed by atoms with Gasteiger partial charge >= 0.3 is 0 Å². The Morgan fingerprint density at radius 2 is 2.38 bits per heavy atom. The number of allylic oxidation sites excluding steroid dienone is 1. The normalized spacial score (nSPS) is 20.8. The van der Waals surface area contributed by atoms with E-state index in [4.69, 9.17) is 14.6 Å². The summed E-state index contributed by atoms with van der Waals surface area (Å²) in [4.78, 5) is 0. The molecule has 0 radical (unpaired) electrons. The summed E-state index contributed by atoms with van der Waals surface area (Å²) < 4.78 is 10.1. The smallest absolute Gasteiger partial charge is 0.277 e. The third-order valence-electron chi connectivity index (χ3n) is 1.60. The molecule has 0 amide bonds. The van der Waals surface area contributed by atoms with Gasteiger partial charge in [-0.15, -0.1) is 0 Å². The van der Waals surface area contributed by atoms with Gasteiger partial charge in [-0.3, -0.25) is 0 Å². The lowest BCUT2D eigenvalue weighted by atomic mass is 10.2. The van der Waals surface area contributed by atoms with Gasteiger partial charge < -0.3 is 14.6 Å². The van der Waals surface area contributed by atoms with Crippen molar-refractivity contribution in [2.24, 2.45) is 0 Å². The van der Waals surface area contributed by atoms with Crippen molar-refractivity contribution in [1.82, 2.24) is 0 Å². The molecule has 0 saturated carbocycles. The lowest BCUT2D eigenvalue weighted by Gasteiger charge is -2.14. The zero-order valence-corrected chi connectivity index (χ0v) is 7.58. The molecule has 0 aromatic heterocycles. The van der Waals surface area contributed by atoms with Crippen molar-refractivity contribution in [3.05, 3.63) is 46.5 Å². The summed E-state index contributed by atoms with van der Waals surface area (Å²) in [5, 5.41) is 12.8. The van der Waals surface area contributed by atoms with Crippen molar-refractivity contribution < 1.29 is 14.6 Å². The Morgan fingerprint density at radius 1 is 1.46 bits per heavy atom. The molecule has 0 aromatic carbocycles. The van der Waals surface area contributed by atoms with Crippen molar-refractivity contribution in [1.29, 1.82) is 0 Å². The number of aliphatic hydroxyl groups is 1. The molecule has 4 heteroatoms. The number of aliphatic hydroxyl groups excluding tert-OH is 1. The van der Waals surface area contributed by atoms with Gasteiger partial charge in [-0.25, -0.2) is 0 Å². The van der Waals surface area contributed by atoms with Crippen molar-refractivity contribution in [3.8, 4) is 0 Å². The third-order valence-corrected chi connectivity index (χ3v) is 2.22. The van der Waals surface area contributed by atoms with Crippen molar-refractivity contribution in [3.63, 3.8) is 0 Å². The summed E-state index contributed by atoms with van der Waals surface area (Å²) in [6.45, 7) is 0.382. The number of hydrogen-bond donors (Lipinski definition) is 1. The van der Waals surface area contributed by atoms with Crippen LogP contribution in [0, 0.1) is 0 Å². The maximum absolute atomic E-state index is 9.10. The fraction of sp³-hybridized carbons (Fsp3) is 0.111. The maximum atomic E-state index is 9.10. The Bertz CT molecular complexity index is 326. The molecule has 0 unspecified atom stereocenters. The summed E-state index contributed by atoms with van der Waals surface area (Å²) in [5.41, 5.74) is 0.848. The minimum atomic E-state index is -0.0680. The first-order valence-electron chi connectivity index (χ1n) is 3.77. The van der Waals surface area contributed by atoms with E-state index in [0.717, 1.165) is 11.3 Å². The SMILES string of the molecule is OC1=CC(C2=CSC=CO2)=CCO1. The maximum Gasteiger partial charge on any atom is 0.277 e. The minimum Gasteiger partial charge on any atom is -0.481 e.